The van der Waals surface area contributed by atoms with Crippen LogP contribution < -0.4 is 0 Å². The van der Waals surface area contributed by atoms with Crippen LogP contribution in [-0.2, 0) is 16.0 Å². The number of carbonyl (C=O) groups is 1. The van der Waals surface area contributed by atoms with E-state index < -0.39 is 0 Å². The van der Waals surface area contributed by atoms with Gasteiger partial charge in [-0.2, -0.15) is 0 Å². The third kappa shape index (κ3) is 3.28. The summed E-state index contributed by atoms with van der Waals surface area (Å²) in [5, 5.41) is 0. The molecule has 0 aliphatic heterocycles. The molecule has 1 rings (SSSR count). The molecule has 0 aliphatic carbocycles. The van der Waals surface area contributed by atoms with Gasteiger partial charge < -0.3 is 4.74 Å². The Balaban J connectivity index is 2.87. The van der Waals surface area contributed by atoms with Crippen molar-refractivity contribution in [3.63, 3.8) is 0 Å². The van der Waals surface area contributed by atoms with Gasteiger partial charge in [-0.3, -0.25) is 4.79 Å². The third-order valence-electron chi connectivity index (χ3n) is 1.76. The molecule has 82 valence electrons. The van der Waals surface area contributed by atoms with E-state index in [2.05, 4.69) is 31.9 Å². The van der Waals surface area contributed by atoms with Crippen molar-refractivity contribution in [1.82, 2.24) is 0 Å². The molecule has 1 aromatic carbocycles. The third-order valence-corrected chi connectivity index (χ3v) is 3.97. The van der Waals surface area contributed by atoms with E-state index >= 15 is 0 Å². The minimum absolute atomic E-state index is 0.132. The average Bonchev–Trinajstić information content (AvgIpc) is 2.20. The molecule has 0 saturated heterocycles. The monoisotopic (exact) mass is 338 g/mol. The molecule has 0 saturated carbocycles. The maximum atomic E-state index is 13.1. The van der Waals surface area contributed by atoms with Gasteiger partial charge in [-0.05, 0) is 50.4 Å². The molecule has 0 unspecified atom stereocenters. The van der Waals surface area contributed by atoms with Crippen LogP contribution in [0.15, 0.2) is 21.1 Å². The van der Waals surface area contributed by atoms with Crippen LogP contribution in [0.3, 0.4) is 0 Å². The summed E-state index contributed by atoms with van der Waals surface area (Å²) in [4.78, 5) is 11.2. The van der Waals surface area contributed by atoms with E-state index in [0.717, 1.165) is 0 Å². The van der Waals surface area contributed by atoms with E-state index in [1.807, 2.05) is 0 Å². The largest absolute Gasteiger partial charge is 0.466 e. The number of benzene rings is 1. The zero-order chi connectivity index (χ0) is 11.4. The number of hydrogen-bond donors (Lipinski definition) is 0. The molecule has 0 bridgehead atoms. The zero-order valence-corrected chi connectivity index (χ0v) is 11.2. The molecule has 5 heteroatoms. The minimum atomic E-state index is -0.366. The Morgan fingerprint density at radius 3 is 2.67 bits per heavy atom. The molecule has 0 aromatic heterocycles. The fourth-order valence-corrected chi connectivity index (χ4v) is 1.92. The number of carbonyl (C=O) groups excluding carboxylic acids is 1. The SMILES string of the molecule is CCOC(=O)Cc1ccc(F)c(Br)c1Br. The van der Waals surface area contributed by atoms with Crippen LogP contribution in [0.4, 0.5) is 4.39 Å². The van der Waals surface area contributed by atoms with Crippen molar-refractivity contribution < 1.29 is 13.9 Å². The van der Waals surface area contributed by atoms with Crippen LogP contribution in [0.5, 0.6) is 0 Å². The topological polar surface area (TPSA) is 26.3 Å². The summed E-state index contributed by atoms with van der Waals surface area (Å²) in [7, 11) is 0. The summed E-state index contributed by atoms with van der Waals surface area (Å²) in [6.45, 7) is 2.09. The van der Waals surface area contributed by atoms with Crippen LogP contribution >= 0.6 is 31.9 Å². The first-order valence-corrected chi connectivity index (χ1v) is 5.92. The number of ether oxygens (including phenoxy) is 1. The smallest absolute Gasteiger partial charge is 0.310 e. The van der Waals surface area contributed by atoms with Crippen LogP contribution in [0, 0.1) is 5.82 Å². The molecule has 0 spiro atoms. The Hall–Kier alpha value is -0.420. The molecule has 0 radical (unpaired) electrons. The predicted molar refractivity (Wildman–Crippen MR) is 62.1 cm³/mol. The standard InChI is InChI=1S/C10H9Br2FO2/c1-2-15-8(14)5-6-3-4-7(13)10(12)9(6)11/h3-4H,2,5H2,1H3. The van der Waals surface area contributed by atoms with Gasteiger partial charge >= 0.3 is 5.97 Å². The van der Waals surface area contributed by atoms with Crippen LogP contribution in [0.2, 0.25) is 0 Å². The van der Waals surface area contributed by atoms with E-state index in [1.165, 1.54) is 6.07 Å². The Bertz CT molecular complexity index is 380. The number of esters is 1. The van der Waals surface area contributed by atoms with Gasteiger partial charge in [0.25, 0.3) is 0 Å². The Morgan fingerprint density at radius 2 is 2.07 bits per heavy atom. The fourth-order valence-electron chi connectivity index (χ4n) is 1.07. The number of halogens is 3. The summed E-state index contributed by atoms with van der Waals surface area (Å²) in [6.07, 6.45) is 0.132. The average molecular weight is 340 g/mol. The van der Waals surface area contributed by atoms with Crippen molar-refractivity contribution in [2.75, 3.05) is 6.61 Å². The molecule has 0 N–H and O–H groups in total. The molecule has 1 aromatic rings. The molecule has 2 nitrogen and oxygen atoms in total. The summed E-state index contributed by atoms with van der Waals surface area (Å²) >= 11 is 6.30. The second-order valence-corrected chi connectivity index (χ2v) is 4.40. The molecule has 0 atom stereocenters. The van der Waals surface area contributed by atoms with Gasteiger partial charge in [0.2, 0.25) is 0 Å². The highest BCUT2D eigenvalue weighted by molar-refractivity contribution is 9.13. The van der Waals surface area contributed by atoms with Crippen molar-refractivity contribution in [3.8, 4) is 0 Å². The Labute approximate surface area is 104 Å². The minimum Gasteiger partial charge on any atom is -0.466 e. The lowest BCUT2D eigenvalue weighted by atomic mass is 10.1. The normalized spacial score (nSPS) is 10.1. The van der Waals surface area contributed by atoms with Gasteiger partial charge in [0, 0.05) is 4.47 Å². The van der Waals surface area contributed by atoms with Gasteiger partial charge in [0.1, 0.15) is 5.82 Å². The highest BCUT2D eigenvalue weighted by Crippen LogP contribution is 2.29. The lowest BCUT2D eigenvalue weighted by molar-refractivity contribution is -0.142. The van der Waals surface area contributed by atoms with Gasteiger partial charge in [-0.25, -0.2) is 4.39 Å². The summed E-state index contributed by atoms with van der Waals surface area (Å²) in [5.41, 5.74) is 0.696. The van der Waals surface area contributed by atoms with E-state index in [1.54, 1.807) is 13.0 Å². The lowest BCUT2D eigenvalue weighted by Gasteiger charge is -2.06. The van der Waals surface area contributed by atoms with E-state index in [4.69, 9.17) is 4.74 Å². The zero-order valence-electron chi connectivity index (χ0n) is 8.02. The van der Waals surface area contributed by atoms with Crippen molar-refractivity contribution in [1.29, 1.82) is 0 Å². The van der Waals surface area contributed by atoms with Crippen LogP contribution in [0.1, 0.15) is 12.5 Å². The molecule has 0 fully saturated rings. The summed E-state index contributed by atoms with van der Waals surface area (Å²) < 4.78 is 18.7. The first-order valence-electron chi connectivity index (χ1n) is 4.34. The quantitative estimate of drug-likeness (QED) is 0.622. The van der Waals surface area contributed by atoms with E-state index in [0.29, 0.717) is 21.1 Å². The van der Waals surface area contributed by atoms with E-state index in [9.17, 15) is 9.18 Å². The van der Waals surface area contributed by atoms with Crippen LogP contribution in [-0.4, -0.2) is 12.6 Å². The molecular formula is C10H9Br2FO2. The highest BCUT2D eigenvalue weighted by Gasteiger charge is 2.12. The highest BCUT2D eigenvalue weighted by atomic mass is 79.9. The summed E-state index contributed by atoms with van der Waals surface area (Å²) in [6, 6.07) is 2.87. The fraction of sp³-hybridized carbons (Fsp3) is 0.300. The second-order valence-electron chi connectivity index (χ2n) is 2.82. The maximum absolute atomic E-state index is 13.1. The van der Waals surface area contributed by atoms with Gasteiger partial charge in [0.05, 0.1) is 17.5 Å². The Morgan fingerprint density at radius 1 is 1.40 bits per heavy atom. The van der Waals surface area contributed by atoms with Crippen molar-refractivity contribution in [2.24, 2.45) is 0 Å². The predicted octanol–water partition coefficient (Wildman–Crippen LogP) is 3.46. The van der Waals surface area contributed by atoms with Gasteiger partial charge in [0.15, 0.2) is 0 Å². The molecule has 0 amide bonds. The molecule has 0 aliphatic rings. The number of rotatable bonds is 3. The summed E-state index contributed by atoms with van der Waals surface area (Å²) in [5.74, 6) is -0.689. The lowest BCUT2D eigenvalue weighted by Crippen LogP contribution is -2.08. The van der Waals surface area contributed by atoms with Crippen LogP contribution in [0.25, 0.3) is 0 Å². The van der Waals surface area contributed by atoms with Gasteiger partial charge in [-0.1, -0.05) is 6.07 Å². The first kappa shape index (κ1) is 12.6. The Kier molecular flexibility index (Phi) is 4.73. The van der Waals surface area contributed by atoms with Crippen molar-refractivity contribution in [2.45, 2.75) is 13.3 Å². The van der Waals surface area contributed by atoms with Crippen molar-refractivity contribution in [3.05, 3.63) is 32.5 Å². The maximum Gasteiger partial charge on any atom is 0.310 e. The van der Waals surface area contributed by atoms with Gasteiger partial charge in [-0.15, -0.1) is 0 Å². The molecular weight excluding hydrogens is 331 g/mol. The van der Waals surface area contributed by atoms with E-state index in [-0.39, 0.29) is 18.2 Å². The first-order chi connectivity index (χ1) is 7.06. The second kappa shape index (κ2) is 5.61. The molecule has 15 heavy (non-hydrogen) atoms. The molecule has 0 heterocycles. The number of hydrogen-bond acceptors (Lipinski definition) is 2. The van der Waals surface area contributed by atoms with Crippen molar-refractivity contribution >= 4 is 37.8 Å².